The molecule has 1 aromatic heterocycles. The van der Waals surface area contributed by atoms with Crippen molar-refractivity contribution in [3.63, 3.8) is 0 Å². The van der Waals surface area contributed by atoms with Crippen LogP contribution < -0.4 is 16.0 Å². The van der Waals surface area contributed by atoms with Gasteiger partial charge < -0.3 is 25.6 Å². The van der Waals surface area contributed by atoms with Gasteiger partial charge in [-0.2, -0.15) is 9.40 Å². The SMILES string of the molecule is CN(C)CCNc1ccc(C(=O)Nc2n[nH]c3c2CN(S(=O)(=O)c2cc(F)cc(F)c2)CC3)c(NC(=O)[C@@H]2CCCO2)c1. The van der Waals surface area contributed by atoms with E-state index in [1.54, 1.807) is 18.2 Å². The van der Waals surface area contributed by atoms with Crippen molar-refractivity contribution in [2.75, 3.05) is 56.3 Å². The fourth-order valence-corrected chi connectivity index (χ4v) is 6.41. The Bertz CT molecular complexity index is 1600. The Morgan fingerprint density at radius 2 is 1.91 bits per heavy atom. The molecular weight excluding hydrogens is 584 g/mol. The van der Waals surface area contributed by atoms with Crippen LogP contribution in [0.2, 0.25) is 0 Å². The van der Waals surface area contributed by atoms with Crippen molar-refractivity contribution in [1.29, 1.82) is 0 Å². The van der Waals surface area contributed by atoms with Crippen molar-refractivity contribution in [3.05, 3.63) is 64.9 Å². The first-order chi connectivity index (χ1) is 20.5. The molecular formula is C28H33F2N7O5S. The molecule has 2 aliphatic heterocycles. The molecule has 0 radical (unpaired) electrons. The summed E-state index contributed by atoms with van der Waals surface area (Å²) in [6, 6.07) is 7.09. The van der Waals surface area contributed by atoms with Crippen molar-refractivity contribution >= 4 is 39.0 Å². The third-order valence-electron chi connectivity index (χ3n) is 7.24. The molecule has 1 saturated heterocycles. The van der Waals surface area contributed by atoms with Gasteiger partial charge in [0.05, 0.1) is 16.1 Å². The van der Waals surface area contributed by atoms with Crippen molar-refractivity contribution in [3.8, 4) is 0 Å². The lowest BCUT2D eigenvalue weighted by Gasteiger charge is -2.26. The zero-order chi connectivity index (χ0) is 30.7. The molecule has 2 aromatic carbocycles. The summed E-state index contributed by atoms with van der Waals surface area (Å²) in [6.45, 7) is 1.76. The largest absolute Gasteiger partial charge is 0.384 e. The Morgan fingerprint density at radius 1 is 1.14 bits per heavy atom. The number of hydrogen-bond acceptors (Lipinski definition) is 8. The molecule has 2 aliphatic rings. The molecule has 0 unspecified atom stereocenters. The minimum absolute atomic E-state index is 0.0464. The molecule has 3 aromatic rings. The van der Waals surface area contributed by atoms with Crippen LogP contribution in [-0.4, -0.2) is 86.1 Å². The normalized spacial score (nSPS) is 17.1. The standard InChI is InChI=1S/C28H33F2N7O5S/c1-36(2)10-8-31-19-5-6-21(24(15-19)32-28(39)25-4-3-11-42-25)27(38)33-26-22-16-37(9-7-23(22)34-35-26)43(40,41)20-13-17(29)12-18(30)14-20/h5-6,12-15,25,31H,3-4,7-11,16H2,1-2H3,(H,32,39)(H2,33,34,35,38)/t25-/m0/s1. The lowest BCUT2D eigenvalue weighted by atomic mass is 10.1. The Morgan fingerprint density at radius 3 is 2.60 bits per heavy atom. The van der Waals surface area contributed by atoms with Crippen molar-refractivity contribution < 1.29 is 31.5 Å². The number of nitrogens with zero attached hydrogens (tertiary/aromatic N) is 3. The number of nitrogens with one attached hydrogen (secondary N) is 4. The first-order valence-electron chi connectivity index (χ1n) is 13.8. The number of halogens is 2. The van der Waals surface area contributed by atoms with E-state index in [0.29, 0.717) is 42.6 Å². The Kier molecular flexibility index (Phi) is 9.05. The van der Waals surface area contributed by atoms with Crippen LogP contribution in [0.15, 0.2) is 41.3 Å². The summed E-state index contributed by atoms with van der Waals surface area (Å²) in [4.78, 5) is 27.9. The Balaban J connectivity index is 1.37. The third-order valence-corrected chi connectivity index (χ3v) is 9.06. The van der Waals surface area contributed by atoms with E-state index in [4.69, 9.17) is 4.74 Å². The number of aromatic amines is 1. The zero-order valence-electron chi connectivity index (χ0n) is 23.7. The lowest BCUT2D eigenvalue weighted by Crippen LogP contribution is -2.36. The minimum Gasteiger partial charge on any atom is -0.384 e. The van der Waals surface area contributed by atoms with Gasteiger partial charge in [0.25, 0.3) is 11.8 Å². The molecule has 15 heteroatoms. The summed E-state index contributed by atoms with van der Waals surface area (Å²) in [5, 5.41) is 15.8. The van der Waals surface area contributed by atoms with Crippen molar-refractivity contribution in [2.24, 2.45) is 0 Å². The van der Waals surface area contributed by atoms with E-state index in [2.05, 4.69) is 26.1 Å². The molecule has 5 rings (SSSR count). The van der Waals surface area contributed by atoms with E-state index in [1.165, 1.54) is 0 Å². The topological polar surface area (TPSA) is 149 Å². The molecule has 4 N–H and O–H groups in total. The van der Waals surface area contributed by atoms with Crippen molar-refractivity contribution in [1.82, 2.24) is 19.4 Å². The maximum absolute atomic E-state index is 13.8. The summed E-state index contributed by atoms with van der Waals surface area (Å²) in [6.07, 6.45) is 0.975. The average Bonchev–Trinajstić information content (AvgIpc) is 3.63. The average molecular weight is 618 g/mol. The number of amides is 2. The number of fused-ring (bicyclic) bond motifs is 1. The second-order valence-corrected chi connectivity index (χ2v) is 12.6. The predicted molar refractivity (Wildman–Crippen MR) is 155 cm³/mol. The predicted octanol–water partition coefficient (Wildman–Crippen LogP) is 2.78. The molecule has 43 heavy (non-hydrogen) atoms. The van der Waals surface area contributed by atoms with Gasteiger partial charge in [-0.05, 0) is 57.3 Å². The molecule has 12 nitrogen and oxygen atoms in total. The van der Waals surface area contributed by atoms with Crippen LogP contribution in [0.25, 0.3) is 0 Å². The molecule has 230 valence electrons. The summed E-state index contributed by atoms with van der Waals surface area (Å²) in [5.41, 5.74) is 2.19. The third kappa shape index (κ3) is 7.01. The van der Waals surface area contributed by atoms with Gasteiger partial charge in [-0.15, -0.1) is 0 Å². The number of sulfonamides is 1. The highest BCUT2D eigenvalue weighted by atomic mass is 32.2. The Hall–Kier alpha value is -3.92. The molecule has 1 fully saturated rings. The number of carbonyl (C=O) groups excluding carboxylic acids is 2. The number of hydrogen-bond donors (Lipinski definition) is 4. The van der Waals surface area contributed by atoms with Gasteiger partial charge in [0, 0.05) is 62.2 Å². The van der Waals surface area contributed by atoms with Crippen LogP contribution in [0.4, 0.5) is 26.0 Å². The van der Waals surface area contributed by atoms with E-state index >= 15 is 0 Å². The summed E-state index contributed by atoms with van der Waals surface area (Å²) >= 11 is 0. The number of benzene rings is 2. The van der Waals surface area contributed by atoms with Crippen molar-refractivity contribution in [2.45, 2.75) is 36.8 Å². The number of ether oxygens (including phenoxy) is 1. The van der Waals surface area contributed by atoms with E-state index < -0.39 is 38.6 Å². The van der Waals surface area contributed by atoms with Gasteiger partial charge >= 0.3 is 0 Å². The number of H-pyrrole nitrogens is 1. The quantitative estimate of drug-likeness (QED) is 0.272. The Labute approximate surface area is 247 Å². The number of aromatic nitrogens is 2. The van der Waals surface area contributed by atoms with Crippen LogP contribution in [0.1, 0.15) is 34.5 Å². The molecule has 2 amide bonds. The summed E-state index contributed by atoms with van der Waals surface area (Å²) in [7, 11) is -0.341. The molecule has 0 spiro atoms. The highest BCUT2D eigenvalue weighted by Crippen LogP contribution is 2.30. The molecule has 1 atom stereocenters. The zero-order valence-corrected chi connectivity index (χ0v) is 24.6. The fraction of sp³-hybridized carbons (Fsp3) is 0.393. The van der Waals surface area contributed by atoms with E-state index in [0.717, 1.165) is 29.4 Å². The number of rotatable bonds is 10. The molecule has 0 saturated carbocycles. The summed E-state index contributed by atoms with van der Waals surface area (Å²) < 4.78 is 60.5. The van der Waals surface area contributed by atoms with Crippen LogP contribution in [0.5, 0.6) is 0 Å². The van der Waals surface area contributed by atoms with E-state index in [-0.39, 0.29) is 42.5 Å². The second kappa shape index (κ2) is 12.8. The smallest absolute Gasteiger partial charge is 0.258 e. The highest BCUT2D eigenvalue weighted by molar-refractivity contribution is 7.89. The van der Waals surface area contributed by atoms with E-state index in [1.807, 2.05) is 19.0 Å². The highest BCUT2D eigenvalue weighted by Gasteiger charge is 2.32. The van der Waals surface area contributed by atoms with Crippen LogP contribution in [0, 0.1) is 11.6 Å². The van der Waals surface area contributed by atoms with Gasteiger partial charge in [0.2, 0.25) is 10.0 Å². The number of anilines is 3. The lowest BCUT2D eigenvalue weighted by molar-refractivity contribution is -0.124. The molecule has 0 aliphatic carbocycles. The minimum atomic E-state index is -4.24. The van der Waals surface area contributed by atoms with Crippen LogP contribution >= 0.6 is 0 Å². The van der Waals surface area contributed by atoms with Gasteiger partial charge in [-0.3, -0.25) is 14.7 Å². The monoisotopic (exact) mass is 617 g/mol. The maximum atomic E-state index is 13.8. The van der Waals surface area contributed by atoms with E-state index in [9.17, 15) is 26.8 Å². The number of likely N-dealkylation sites (N-methyl/N-ethyl adjacent to an activating group) is 1. The van der Waals surface area contributed by atoms with Gasteiger partial charge in [-0.25, -0.2) is 17.2 Å². The van der Waals surface area contributed by atoms with Gasteiger partial charge in [0.15, 0.2) is 5.82 Å². The van der Waals surface area contributed by atoms with Crippen LogP contribution in [-0.2, 0) is 32.5 Å². The number of carbonyl (C=O) groups is 2. The first-order valence-corrected chi connectivity index (χ1v) is 15.2. The molecule has 3 heterocycles. The fourth-order valence-electron chi connectivity index (χ4n) is 4.96. The van der Waals surface area contributed by atoms with Crippen LogP contribution in [0.3, 0.4) is 0 Å². The first kappa shape index (κ1) is 30.5. The maximum Gasteiger partial charge on any atom is 0.258 e. The molecule has 0 bridgehead atoms. The van der Waals surface area contributed by atoms with Gasteiger partial charge in [-0.1, -0.05) is 0 Å². The second-order valence-electron chi connectivity index (χ2n) is 10.7. The summed E-state index contributed by atoms with van der Waals surface area (Å²) in [5.74, 6) is -2.84. The van der Waals surface area contributed by atoms with Gasteiger partial charge in [0.1, 0.15) is 17.7 Å².